The summed E-state index contributed by atoms with van der Waals surface area (Å²) in [5.74, 6) is -3.44. The number of ether oxygens (including phenoxy) is 2. The maximum atomic E-state index is 13.0. The van der Waals surface area contributed by atoms with Crippen molar-refractivity contribution in [2.24, 2.45) is 23.7 Å². The Morgan fingerprint density at radius 2 is 1.79 bits per heavy atom. The highest BCUT2D eigenvalue weighted by molar-refractivity contribution is 5.96. The molecule has 2 N–H and O–H groups in total. The lowest BCUT2D eigenvalue weighted by molar-refractivity contribution is -0.286. The highest BCUT2D eigenvalue weighted by atomic mass is 19.3. The van der Waals surface area contributed by atoms with Crippen molar-refractivity contribution in [2.75, 3.05) is 5.32 Å². The molecule has 126 valence electrons. The highest BCUT2D eigenvalue weighted by Gasteiger charge is 2.51. The van der Waals surface area contributed by atoms with E-state index >= 15 is 0 Å². The molecular formula is C16H13F2NO5. The van der Waals surface area contributed by atoms with Crippen LogP contribution in [0.1, 0.15) is 6.42 Å². The predicted octanol–water partition coefficient (Wildman–Crippen LogP) is 2.47. The van der Waals surface area contributed by atoms with Crippen molar-refractivity contribution in [3.63, 3.8) is 0 Å². The number of aliphatic carboxylic acids is 1. The second-order valence-electron chi connectivity index (χ2n) is 6.16. The zero-order chi connectivity index (χ0) is 17.1. The molecule has 4 atom stereocenters. The normalized spacial score (nSPS) is 31.2. The van der Waals surface area contributed by atoms with E-state index in [0.717, 1.165) is 0 Å². The van der Waals surface area contributed by atoms with E-state index in [0.29, 0.717) is 6.42 Å². The van der Waals surface area contributed by atoms with E-state index in [4.69, 9.17) is 0 Å². The third kappa shape index (κ3) is 2.29. The lowest BCUT2D eigenvalue weighted by atomic mass is 9.82. The van der Waals surface area contributed by atoms with Crippen LogP contribution in [0.3, 0.4) is 0 Å². The average molecular weight is 337 g/mol. The first kappa shape index (κ1) is 14.9. The number of carboxylic acids is 1. The summed E-state index contributed by atoms with van der Waals surface area (Å²) in [6, 6.07) is 3.90. The first-order valence-electron chi connectivity index (χ1n) is 7.46. The number of halogens is 2. The fourth-order valence-electron chi connectivity index (χ4n) is 3.77. The van der Waals surface area contributed by atoms with Gasteiger partial charge in [-0.1, -0.05) is 12.2 Å². The number of rotatable bonds is 3. The Morgan fingerprint density at radius 3 is 2.50 bits per heavy atom. The third-order valence-electron chi connectivity index (χ3n) is 4.72. The van der Waals surface area contributed by atoms with Gasteiger partial charge in [-0.15, -0.1) is 8.78 Å². The summed E-state index contributed by atoms with van der Waals surface area (Å²) >= 11 is 0. The van der Waals surface area contributed by atoms with Crippen LogP contribution in [0.15, 0.2) is 30.4 Å². The SMILES string of the molecule is O=C(O)C1C2C=CC(C2)C1C(=O)Nc1ccc2c(c1)OC(F)(F)O2. The van der Waals surface area contributed by atoms with Gasteiger partial charge in [0.15, 0.2) is 11.5 Å². The monoisotopic (exact) mass is 337 g/mol. The minimum absolute atomic E-state index is 0.116. The summed E-state index contributed by atoms with van der Waals surface area (Å²) in [5, 5.41) is 12.0. The lowest BCUT2D eigenvalue weighted by Crippen LogP contribution is -2.36. The van der Waals surface area contributed by atoms with Crippen molar-refractivity contribution < 1.29 is 33.0 Å². The largest absolute Gasteiger partial charge is 0.586 e. The molecule has 4 unspecified atom stereocenters. The van der Waals surface area contributed by atoms with Gasteiger partial charge in [-0.2, -0.15) is 0 Å². The van der Waals surface area contributed by atoms with E-state index in [9.17, 15) is 23.5 Å². The quantitative estimate of drug-likeness (QED) is 0.828. The summed E-state index contributed by atoms with van der Waals surface area (Å²) in [5.41, 5.74) is 0.246. The Bertz CT molecular complexity index is 763. The molecule has 0 saturated heterocycles. The molecule has 0 aromatic heterocycles. The maximum absolute atomic E-state index is 13.0. The molecule has 1 fully saturated rings. The van der Waals surface area contributed by atoms with Gasteiger partial charge in [-0.25, -0.2) is 0 Å². The molecule has 1 amide bonds. The maximum Gasteiger partial charge on any atom is 0.586 e. The first-order valence-corrected chi connectivity index (χ1v) is 7.46. The Morgan fingerprint density at radius 1 is 1.12 bits per heavy atom. The number of allylic oxidation sites excluding steroid dienone is 2. The summed E-state index contributed by atoms with van der Waals surface area (Å²) in [6.45, 7) is 0. The fourth-order valence-corrected chi connectivity index (χ4v) is 3.77. The van der Waals surface area contributed by atoms with Gasteiger partial charge < -0.3 is 19.9 Å². The van der Waals surface area contributed by atoms with Gasteiger partial charge in [-0.3, -0.25) is 9.59 Å². The molecule has 1 aromatic carbocycles. The Labute approximate surface area is 135 Å². The number of hydrogen-bond acceptors (Lipinski definition) is 4. The lowest BCUT2D eigenvalue weighted by Gasteiger charge is -2.23. The van der Waals surface area contributed by atoms with Gasteiger partial charge >= 0.3 is 12.3 Å². The van der Waals surface area contributed by atoms with Gasteiger partial charge in [0, 0.05) is 11.8 Å². The summed E-state index contributed by atoms with van der Waals surface area (Å²) in [4.78, 5) is 24.0. The standard InChI is InChI=1S/C16H13F2NO5/c17-16(18)23-10-4-3-9(6-11(10)24-16)19-14(20)12-7-1-2-8(5-7)13(12)15(21)22/h1-4,6-8,12-13H,5H2,(H,19,20)(H,21,22). The van der Waals surface area contributed by atoms with Crippen molar-refractivity contribution in [3.8, 4) is 11.5 Å². The number of fused-ring (bicyclic) bond motifs is 3. The van der Waals surface area contributed by atoms with Crippen LogP contribution in [0.25, 0.3) is 0 Å². The molecule has 0 radical (unpaired) electrons. The van der Waals surface area contributed by atoms with E-state index < -0.39 is 30.0 Å². The van der Waals surface area contributed by atoms with Crippen LogP contribution in [0.4, 0.5) is 14.5 Å². The van der Waals surface area contributed by atoms with Crippen LogP contribution in [0.2, 0.25) is 0 Å². The molecule has 6 nitrogen and oxygen atoms in total. The zero-order valence-corrected chi connectivity index (χ0v) is 12.2. The zero-order valence-electron chi connectivity index (χ0n) is 12.2. The minimum atomic E-state index is -3.73. The summed E-state index contributed by atoms with van der Waals surface area (Å²) in [6.07, 6.45) is 0.627. The Balaban J connectivity index is 1.53. The molecule has 0 spiro atoms. The molecule has 1 aliphatic heterocycles. The predicted molar refractivity (Wildman–Crippen MR) is 76.6 cm³/mol. The number of carboxylic acid groups (broad SMARTS) is 1. The van der Waals surface area contributed by atoms with Gasteiger partial charge in [0.05, 0.1) is 11.8 Å². The van der Waals surface area contributed by atoms with Crippen molar-refractivity contribution in [2.45, 2.75) is 12.7 Å². The molecule has 8 heteroatoms. The molecule has 1 saturated carbocycles. The first-order chi connectivity index (χ1) is 11.3. The van der Waals surface area contributed by atoms with E-state index in [1.807, 2.05) is 12.2 Å². The number of benzene rings is 1. The average Bonchev–Trinajstić information content (AvgIpc) is 3.16. The summed E-state index contributed by atoms with van der Waals surface area (Å²) < 4.78 is 34.7. The van der Waals surface area contributed by atoms with Crippen LogP contribution in [0.5, 0.6) is 11.5 Å². The number of amides is 1. The topological polar surface area (TPSA) is 84.9 Å². The van der Waals surface area contributed by atoms with E-state index in [-0.39, 0.29) is 29.0 Å². The van der Waals surface area contributed by atoms with Crippen molar-refractivity contribution >= 4 is 17.6 Å². The van der Waals surface area contributed by atoms with Crippen LogP contribution in [-0.4, -0.2) is 23.3 Å². The molecule has 2 aliphatic carbocycles. The van der Waals surface area contributed by atoms with Gasteiger partial charge in [0.2, 0.25) is 5.91 Å². The molecule has 24 heavy (non-hydrogen) atoms. The summed E-state index contributed by atoms with van der Waals surface area (Å²) in [7, 11) is 0. The molecule has 4 rings (SSSR count). The van der Waals surface area contributed by atoms with Crippen LogP contribution >= 0.6 is 0 Å². The van der Waals surface area contributed by atoms with Gasteiger partial charge in [0.25, 0.3) is 0 Å². The number of hydrogen-bond donors (Lipinski definition) is 2. The number of carbonyl (C=O) groups excluding carboxylic acids is 1. The van der Waals surface area contributed by atoms with Crippen molar-refractivity contribution in [3.05, 3.63) is 30.4 Å². The number of nitrogens with one attached hydrogen (secondary N) is 1. The second kappa shape index (κ2) is 4.93. The third-order valence-corrected chi connectivity index (χ3v) is 4.72. The molecule has 3 aliphatic rings. The molecule has 1 aromatic rings. The number of anilines is 1. The fraction of sp³-hybridized carbons (Fsp3) is 0.375. The number of carbonyl (C=O) groups is 2. The van der Waals surface area contributed by atoms with Crippen LogP contribution < -0.4 is 14.8 Å². The van der Waals surface area contributed by atoms with E-state index in [2.05, 4.69) is 14.8 Å². The number of alkyl halides is 2. The second-order valence-corrected chi connectivity index (χ2v) is 6.16. The van der Waals surface area contributed by atoms with Gasteiger partial charge in [-0.05, 0) is 30.4 Å². The van der Waals surface area contributed by atoms with Crippen LogP contribution in [-0.2, 0) is 9.59 Å². The Kier molecular flexibility index (Phi) is 3.06. The van der Waals surface area contributed by atoms with E-state index in [1.54, 1.807) is 0 Å². The Hall–Kier alpha value is -2.64. The highest BCUT2D eigenvalue weighted by Crippen LogP contribution is 2.49. The van der Waals surface area contributed by atoms with Crippen LogP contribution in [0, 0.1) is 23.7 Å². The van der Waals surface area contributed by atoms with Gasteiger partial charge in [0.1, 0.15) is 0 Å². The molecule has 2 bridgehead atoms. The molecule has 1 heterocycles. The van der Waals surface area contributed by atoms with Crippen molar-refractivity contribution in [1.82, 2.24) is 0 Å². The van der Waals surface area contributed by atoms with Crippen molar-refractivity contribution in [1.29, 1.82) is 0 Å². The van der Waals surface area contributed by atoms with E-state index in [1.165, 1.54) is 18.2 Å². The molecular weight excluding hydrogens is 324 g/mol. The minimum Gasteiger partial charge on any atom is -0.481 e. The smallest absolute Gasteiger partial charge is 0.481 e.